The summed E-state index contributed by atoms with van der Waals surface area (Å²) in [5, 5.41) is 11.9. The van der Waals surface area contributed by atoms with Gasteiger partial charge in [-0.05, 0) is 30.3 Å². The summed E-state index contributed by atoms with van der Waals surface area (Å²) in [6.45, 7) is 0. The van der Waals surface area contributed by atoms with E-state index in [4.69, 9.17) is 5.26 Å². The largest absolute Gasteiger partial charge is 0.417 e. The van der Waals surface area contributed by atoms with Gasteiger partial charge < -0.3 is 5.32 Å². The molecule has 0 radical (unpaired) electrons. The predicted molar refractivity (Wildman–Crippen MR) is 99.2 cm³/mol. The zero-order valence-corrected chi connectivity index (χ0v) is 14.9. The Morgan fingerprint density at radius 1 is 1.03 bits per heavy atom. The molecule has 0 unspecified atom stereocenters. The van der Waals surface area contributed by atoms with Crippen LogP contribution in [0.1, 0.15) is 11.1 Å². The number of nitriles is 1. The van der Waals surface area contributed by atoms with Crippen LogP contribution >= 0.6 is 0 Å². The summed E-state index contributed by atoms with van der Waals surface area (Å²) < 4.78 is 40.9. The molecule has 4 heterocycles. The Morgan fingerprint density at radius 2 is 1.86 bits per heavy atom. The maximum atomic E-state index is 13.1. The van der Waals surface area contributed by atoms with Crippen LogP contribution in [0, 0.1) is 11.3 Å². The number of nitrogens with one attached hydrogen (secondary N) is 1. The topological polar surface area (TPSA) is 92.3 Å². The van der Waals surface area contributed by atoms with Gasteiger partial charge in [-0.3, -0.25) is 9.55 Å². The Kier molecular flexibility index (Phi) is 4.35. The number of anilines is 1. The van der Waals surface area contributed by atoms with E-state index < -0.39 is 11.7 Å². The van der Waals surface area contributed by atoms with Gasteiger partial charge in [0, 0.05) is 19.4 Å². The van der Waals surface area contributed by atoms with Crippen molar-refractivity contribution in [3.63, 3.8) is 0 Å². The average molecular weight is 395 g/mol. The molecule has 4 aromatic rings. The minimum atomic E-state index is -4.53. The quantitative estimate of drug-likeness (QED) is 0.567. The zero-order chi connectivity index (χ0) is 20.6. The fourth-order valence-electron chi connectivity index (χ4n) is 2.79. The van der Waals surface area contributed by atoms with E-state index in [-0.39, 0.29) is 17.0 Å². The Balaban J connectivity index is 1.97. The highest BCUT2D eigenvalue weighted by atomic mass is 19.4. The number of fused-ring (bicyclic) bond motifs is 1. The number of pyridine rings is 3. The van der Waals surface area contributed by atoms with Crippen molar-refractivity contribution < 1.29 is 13.2 Å². The van der Waals surface area contributed by atoms with E-state index in [1.165, 1.54) is 6.20 Å². The van der Waals surface area contributed by atoms with Crippen molar-refractivity contribution in [2.75, 3.05) is 12.4 Å². The molecule has 0 aliphatic carbocycles. The molecule has 0 aromatic carbocycles. The second-order valence-electron chi connectivity index (χ2n) is 6.03. The number of hydrogen-bond acceptors (Lipinski definition) is 6. The number of alkyl halides is 3. The van der Waals surface area contributed by atoms with Gasteiger partial charge in [-0.2, -0.15) is 18.4 Å². The van der Waals surface area contributed by atoms with Gasteiger partial charge in [0.1, 0.15) is 23.1 Å². The smallest absolute Gasteiger partial charge is 0.373 e. The molecule has 0 amide bonds. The van der Waals surface area contributed by atoms with Gasteiger partial charge >= 0.3 is 6.18 Å². The molecule has 4 aromatic heterocycles. The van der Waals surface area contributed by atoms with E-state index in [0.29, 0.717) is 22.8 Å². The van der Waals surface area contributed by atoms with Crippen LogP contribution in [-0.4, -0.2) is 31.6 Å². The number of aromatic nitrogens is 5. The highest BCUT2D eigenvalue weighted by molar-refractivity contribution is 5.79. The number of nitrogens with zero attached hydrogens (tertiary/aromatic N) is 6. The Hall–Kier alpha value is -4.00. The molecule has 0 spiro atoms. The third-order valence-electron chi connectivity index (χ3n) is 4.21. The minimum absolute atomic E-state index is 0.0682. The number of hydrogen-bond donors (Lipinski definition) is 1. The van der Waals surface area contributed by atoms with Crippen LogP contribution in [0.3, 0.4) is 0 Å². The van der Waals surface area contributed by atoms with Gasteiger partial charge in [-0.15, -0.1) is 0 Å². The monoisotopic (exact) mass is 395 g/mol. The van der Waals surface area contributed by atoms with Crippen LogP contribution in [0.5, 0.6) is 0 Å². The van der Waals surface area contributed by atoms with Crippen LogP contribution in [0.2, 0.25) is 0 Å². The van der Waals surface area contributed by atoms with E-state index in [0.717, 1.165) is 12.3 Å². The molecule has 0 saturated heterocycles. The van der Waals surface area contributed by atoms with Crippen molar-refractivity contribution in [1.82, 2.24) is 24.5 Å². The maximum Gasteiger partial charge on any atom is 0.417 e. The summed E-state index contributed by atoms with van der Waals surface area (Å²) in [6.07, 6.45) is -0.838. The predicted octanol–water partition coefficient (Wildman–Crippen LogP) is 3.81. The van der Waals surface area contributed by atoms with Gasteiger partial charge in [-0.25, -0.2) is 15.0 Å². The summed E-state index contributed by atoms with van der Waals surface area (Å²) in [4.78, 5) is 16.8. The Morgan fingerprint density at radius 3 is 2.45 bits per heavy atom. The van der Waals surface area contributed by atoms with Crippen LogP contribution in [0.15, 0.2) is 48.9 Å². The third-order valence-corrected chi connectivity index (χ3v) is 4.21. The normalized spacial score (nSPS) is 11.4. The second kappa shape index (κ2) is 6.87. The van der Waals surface area contributed by atoms with Crippen LogP contribution in [0.25, 0.3) is 28.4 Å². The van der Waals surface area contributed by atoms with Crippen molar-refractivity contribution in [3.05, 3.63) is 60.0 Å². The van der Waals surface area contributed by atoms with Crippen molar-refractivity contribution in [2.24, 2.45) is 0 Å². The summed E-state index contributed by atoms with van der Waals surface area (Å²) in [6, 6.07) is 9.52. The van der Waals surface area contributed by atoms with Crippen molar-refractivity contribution in [1.29, 1.82) is 5.26 Å². The molecule has 144 valence electrons. The zero-order valence-electron chi connectivity index (χ0n) is 14.9. The van der Waals surface area contributed by atoms with Crippen LogP contribution < -0.4 is 5.32 Å². The molecule has 0 fully saturated rings. The summed E-state index contributed by atoms with van der Waals surface area (Å²) in [5.74, 6) is 0.916. The highest BCUT2D eigenvalue weighted by Gasteiger charge is 2.32. The SMILES string of the molecule is CNc1ccc(-n2c(-c3ccc(C#N)cn3)nc3cc(C(F)(F)F)cnc32)cn1. The fraction of sp³-hybridized carbons (Fsp3) is 0.105. The fourth-order valence-corrected chi connectivity index (χ4v) is 2.79. The second-order valence-corrected chi connectivity index (χ2v) is 6.03. The van der Waals surface area contributed by atoms with E-state index in [9.17, 15) is 13.2 Å². The van der Waals surface area contributed by atoms with Gasteiger partial charge in [-0.1, -0.05) is 0 Å². The molecular formula is C19H12F3N7. The van der Waals surface area contributed by atoms with Gasteiger partial charge in [0.2, 0.25) is 0 Å². The molecule has 4 rings (SSSR count). The van der Waals surface area contributed by atoms with Crippen LogP contribution in [-0.2, 0) is 6.18 Å². The molecule has 7 nitrogen and oxygen atoms in total. The molecular weight excluding hydrogens is 383 g/mol. The van der Waals surface area contributed by atoms with Crippen molar-refractivity contribution in [3.8, 4) is 23.3 Å². The first-order valence-electron chi connectivity index (χ1n) is 8.37. The lowest BCUT2D eigenvalue weighted by Crippen LogP contribution is -2.06. The van der Waals surface area contributed by atoms with Gasteiger partial charge in [0.25, 0.3) is 0 Å². The number of rotatable bonds is 3. The van der Waals surface area contributed by atoms with E-state index >= 15 is 0 Å². The molecule has 0 atom stereocenters. The highest BCUT2D eigenvalue weighted by Crippen LogP contribution is 2.32. The van der Waals surface area contributed by atoms with E-state index in [2.05, 4.69) is 25.3 Å². The molecule has 0 saturated carbocycles. The van der Waals surface area contributed by atoms with E-state index in [1.807, 2.05) is 6.07 Å². The van der Waals surface area contributed by atoms with Gasteiger partial charge in [0.15, 0.2) is 11.5 Å². The third kappa shape index (κ3) is 3.34. The lowest BCUT2D eigenvalue weighted by Gasteiger charge is -2.09. The Labute approximate surface area is 162 Å². The molecule has 0 aliphatic heterocycles. The molecule has 0 bridgehead atoms. The Bertz CT molecular complexity index is 1220. The summed E-state index contributed by atoms with van der Waals surface area (Å²) in [7, 11) is 1.72. The first-order valence-corrected chi connectivity index (χ1v) is 8.37. The minimum Gasteiger partial charge on any atom is -0.373 e. The summed E-state index contributed by atoms with van der Waals surface area (Å²) >= 11 is 0. The lowest BCUT2D eigenvalue weighted by molar-refractivity contribution is -0.137. The number of halogens is 3. The van der Waals surface area contributed by atoms with E-state index in [1.54, 1.807) is 42.1 Å². The summed E-state index contributed by atoms with van der Waals surface area (Å²) in [5.41, 5.74) is 0.705. The first-order chi connectivity index (χ1) is 13.9. The molecule has 29 heavy (non-hydrogen) atoms. The van der Waals surface area contributed by atoms with Gasteiger partial charge in [0.05, 0.1) is 23.0 Å². The first kappa shape index (κ1) is 18.4. The molecule has 0 aliphatic rings. The maximum absolute atomic E-state index is 13.1. The number of imidazole rings is 1. The molecule has 10 heteroatoms. The standard InChI is InChI=1S/C19H12F3N7/c1-24-16-5-3-13(10-26-16)29-17-15(6-12(9-27-17)19(20,21)22)28-18(29)14-4-2-11(7-23)8-25-14/h2-6,8-10H,1H3,(H,24,26). The average Bonchev–Trinajstić information content (AvgIpc) is 3.12. The van der Waals surface area contributed by atoms with Crippen LogP contribution in [0.4, 0.5) is 19.0 Å². The lowest BCUT2D eigenvalue weighted by atomic mass is 10.2. The molecule has 1 N–H and O–H groups in total. The van der Waals surface area contributed by atoms with Crippen molar-refractivity contribution >= 4 is 17.0 Å². The van der Waals surface area contributed by atoms with Crippen molar-refractivity contribution in [2.45, 2.75) is 6.18 Å².